The largest absolute Gasteiger partial charge is 0.434 e. The first-order valence-corrected chi connectivity index (χ1v) is 7.00. The van der Waals surface area contributed by atoms with Gasteiger partial charge in [0.25, 0.3) is 0 Å². The molecule has 1 aliphatic heterocycles. The van der Waals surface area contributed by atoms with Gasteiger partial charge in [-0.3, -0.25) is 0 Å². The third-order valence-electron chi connectivity index (χ3n) is 3.78. The fourth-order valence-electron chi connectivity index (χ4n) is 2.77. The number of nitrogens with zero attached hydrogens (tertiary/aromatic N) is 5. The number of alkyl halides is 3. The number of hydrogen-bond donors (Lipinski definition) is 0. The molecule has 0 saturated carbocycles. The van der Waals surface area contributed by atoms with E-state index < -0.39 is 11.9 Å². The average molecular weight is 315 g/mol. The van der Waals surface area contributed by atoms with Crippen molar-refractivity contribution in [3.8, 4) is 0 Å². The number of halogens is 3. The van der Waals surface area contributed by atoms with Crippen LogP contribution in [0.5, 0.6) is 0 Å². The number of imidazole rings is 1. The molecule has 1 aliphatic rings. The van der Waals surface area contributed by atoms with Crippen molar-refractivity contribution >= 4 is 6.01 Å². The number of aromatic nitrogens is 4. The topological polar surface area (TPSA) is 60.0 Å². The summed E-state index contributed by atoms with van der Waals surface area (Å²) in [5.74, 6) is 0.809. The van der Waals surface area contributed by atoms with Gasteiger partial charge in [-0.2, -0.15) is 13.2 Å². The fourth-order valence-corrected chi connectivity index (χ4v) is 2.77. The predicted octanol–water partition coefficient (Wildman–Crippen LogP) is 2.51. The Hall–Kier alpha value is -2.06. The second-order valence-electron chi connectivity index (χ2n) is 5.48. The molecule has 0 unspecified atom stereocenters. The van der Waals surface area contributed by atoms with E-state index in [1.54, 1.807) is 14.0 Å². The highest BCUT2D eigenvalue weighted by atomic mass is 19.4. The lowest BCUT2D eigenvalue weighted by Crippen LogP contribution is -2.35. The number of aryl methyl sites for hydroxylation is 2. The number of hydrogen-bond acceptors (Lipinski definition) is 5. The molecule has 1 fully saturated rings. The van der Waals surface area contributed by atoms with Gasteiger partial charge >= 0.3 is 12.2 Å². The lowest BCUT2D eigenvalue weighted by atomic mass is 9.97. The molecule has 0 radical (unpaired) electrons. The Kier molecular flexibility index (Phi) is 3.57. The molecule has 6 nitrogen and oxygen atoms in total. The summed E-state index contributed by atoms with van der Waals surface area (Å²) in [7, 11) is 1.59. The van der Waals surface area contributed by atoms with Crippen LogP contribution in [0.15, 0.2) is 10.6 Å². The summed E-state index contributed by atoms with van der Waals surface area (Å²) in [5, 5.41) is 7.75. The van der Waals surface area contributed by atoms with Gasteiger partial charge < -0.3 is 13.9 Å². The molecule has 0 aliphatic carbocycles. The van der Waals surface area contributed by atoms with Crippen molar-refractivity contribution in [1.82, 2.24) is 19.7 Å². The zero-order valence-corrected chi connectivity index (χ0v) is 12.3. The van der Waals surface area contributed by atoms with E-state index in [4.69, 9.17) is 4.42 Å². The molecule has 0 amide bonds. The first-order chi connectivity index (χ1) is 10.3. The van der Waals surface area contributed by atoms with Crippen molar-refractivity contribution in [2.24, 2.45) is 7.05 Å². The summed E-state index contributed by atoms with van der Waals surface area (Å²) in [6.07, 6.45) is -1.77. The number of rotatable bonds is 2. The molecule has 9 heteroatoms. The molecule has 120 valence electrons. The van der Waals surface area contributed by atoms with Gasteiger partial charge in [-0.1, -0.05) is 5.10 Å². The normalized spacial score (nSPS) is 19.7. The Morgan fingerprint density at radius 1 is 1.32 bits per heavy atom. The highest BCUT2D eigenvalue weighted by Gasteiger charge is 2.36. The zero-order valence-electron chi connectivity index (χ0n) is 12.3. The van der Waals surface area contributed by atoms with Crippen LogP contribution in [0.3, 0.4) is 0 Å². The minimum atomic E-state index is -4.42. The minimum absolute atomic E-state index is 0.0953. The van der Waals surface area contributed by atoms with Gasteiger partial charge in [-0.25, -0.2) is 4.98 Å². The van der Waals surface area contributed by atoms with Gasteiger partial charge in [0.1, 0.15) is 5.82 Å². The van der Waals surface area contributed by atoms with Gasteiger partial charge in [-0.05, 0) is 12.8 Å². The van der Waals surface area contributed by atoms with E-state index in [0.29, 0.717) is 24.3 Å². The third kappa shape index (κ3) is 2.79. The van der Waals surface area contributed by atoms with Crippen molar-refractivity contribution < 1.29 is 17.6 Å². The summed E-state index contributed by atoms with van der Waals surface area (Å²) in [6.45, 7) is 2.96. The molecule has 3 rings (SSSR count). The van der Waals surface area contributed by atoms with Crippen molar-refractivity contribution in [1.29, 1.82) is 0 Å². The fraction of sp³-hybridized carbons (Fsp3) is 0.615. The second kappa shape index (κ2) is 5.29. The summed E-state index contributed by atoms with van der Waals surface area (Å²) >= 11 is 0. The summed E-state index contributed by atoms with van der Waals surface area (Å²) < 4.78 is 45.2. The highest BCUT2D eigenvalue weighted by Crippen LogP contribution is 2.33. The lowest BCUT2D eigenvalue weighted by molar-refractivity contribution is -0.141. The van der Waals surface area contributed by atoms with Crippen LogP contribution < -0.4 is 4.90 Å². The first-order valence-electron chi connectivity index (χ1n) is 7.00. The average Bonchev–Trinajstić information content (AvgIpc) is 3.05. The van der Waals surface area contributed by atoms with Crippen LogP contribution in [0.2, 0.25) is 0 Å². The van der Waals surface area contributed by atoms with Crippen molar-refractivity contribution in [3.05, 3.63) is 23.6 Å². The molecular formula is C13H16F3N5O. The van der Waals surface area contributed by atoms with E-state index in [0.717, 1.165) is 25.6 Å². The summed E-state index contributed by atoms with van der Waals surface area (Å²) in [4.78, 5) is 5.68. The van der Waals surface area contributed by atoms with Crippen LogP contribution in [-0.4, -0.2) is 32.8 Å². The van der Waals surface area contributed by atoms with Gasteiger partial charge in [0.2, 0.25) is 5.89 Å². The van der Waals surface area contributed by atoms with E-state index in [1.807, 2.05) is 4.90 Å². The highest BCUT2D eigenvalue weighted by molar-refractivity contribution is 5.27. The van der Waals surface area contributed by atoms with Crippen molar-refractivity contribution in [2.45, 2.75) is 31.9 Å². The van der Waals surface area contributed by atoms with Gasteiger partial charge in [0, 0.05) is 39.2 Å². The first kappa shape index (κ1) is 14.9. The van der Waals surface area contributed by atoms with E-state index in [9.17, 15) is 13.2 Å². The van der Waals surface area contributed by atoms with Crippen LogP contribution >= 0.6 is 0 Å². The summed E-state index contributed by atoms with van der Waals surface area (Å²) in [5.41, 5.74) is -0.851. The second-order valence-corrected chi connectivity index (χ2v) is 5.48. The van der Waals surface area contributed by atoms with Crippen molar-refractivity contribution in [2.75, 3.05) is 18.0 Å². The van der Waals surface area contributed by atoms with E-state index in [1.165, 1.54) is 4.57 Å². The molecule has 0 N–H and O–H groups in total. The van der Waals surface area contributed by atoms with Gasteiger partial charge in [-0.15, -0.1) is 5.10 Å². The van der Waals surface area contributed by atoms with Gasteiger partial charge in [0.15, 0.2) is 5.69 Å². The standard InChI is InChI=1S/C13H16F3N5O/c1-8-18-19-12(22-8)21-5-3-4-9(6-21)11-17-10(7-20(11)2)13(14,15)16/h7,9H,3-6H2,1-2H3/t9-/m1/s1. The molecule has 0 aromatic carbocycles. The Bertz CT molecular complexity index is 663. The molecule has 0 spiro atoms. The monoisotopic (exact) mass is 315 g/mol. The maximum Gasteiger partial charge on any atom is 0.434 e. The lowest BCUT2D eigenvalue weighted by Gasteiger charge is -2.30. The minimum Gasteiger partial charge on any atom is -0.408 e. The Morgan fingerprint density at radius 3 is 2.68 bits per heavy atom. The molecule has 2 aromatic rings. The van der Waals surface area contributed by atoms with Crippen LogP contribution in [0, 0.1) is 6.92 Å². The SMILES string of the molecule is Cc1nnc(N2CCC[C@@H](c3nc(C(F)(F)F)cn3C)C2)o1. The van der Waals surface area contributed by atoms with Crippen LogP contribution in [0.1, 0.15) is 36.2 Å². The Balaban J connectivity index is 1.81. The molecule has 3 heterocycles. The zero-order chi connectivity index (χ0) is 15.9. The number of anilines is 1. The maximum atomic E-state index is 12.8. The van der Waals surface area contributed by atoms with Gasteiger partial charge in [0.05, 0.1) is 0 Å². The van der Waals surface area contributed by atoms with Crippen LogP contribution in [0.25, 0.3) is 0 Å². The van der Waals surface area contributed by atoms with E-state index in [2.05, 4.69) is 15.2 Å². The van der Waals surface area contributed by atoms with E-state index >= 15 is 0 Å². The van der Waals surface area contributed by atoms with E-state index in [-0.39, 0.29) is 5.92 Å². The number of piperidine rings is 1. The predicted molar refractivity (Wildman–Crippen MR) is 71.4 cm³/mol. The Labute approximate surface area is 124 Å². The molecule has 2 aromatic heterocycles. The quantitative estimate of drug-likeness (QED) is 0.852. The molecule has 1 saturated heterocycles. The van der Waals surface area contributed by atoms with Crippen LogP contribution in [0.4, 0.5) is 19.2 Å². The molecule has 0 bridgehead atoms. The summed E-state index contributed by atoms with van der Waals surface area (Å²) in [6, 6.07) is 0.410. The molecular weight excluding hydrogens is 299 g/mol. The molecule has 1 atom stereocenters. The van der Waals surface area contributed by atoms with Crippen molar-refractivity contribution in [3.63, 3.8) is 0 Å². The smallest absolute Gasteiger partial charge is 0.408 e. The molecule has 22 heavy (non-hydrogen) atoms. The van der Waals surface area contributed by atoms with Crippen LogP contribution in [-0.2, 0) is 13.2 Å². The Morgan fingerprint density at radius 2 is 2.09 bits per heavy atom. The maximum absolute atomic E-state index is 12.8. The third-order valence-corrected chi connectivity index (χ3v) is 3.78.